The summed E-state index contributed by atoms with van der Waals surface area (Å²) in [4.78, 5) is 2.17. The lowest BCUT2D eigenvalue weighted by Gasteiger charge is -2.20. The molecule has 2 heteroatoms. The first kappa shape index (κ1) is 11.9. The molecule has 12 heavy (non-hydrogen) atoms. The van der Waals surface area contributed by atoms with Gasteiger partial charge < -0.3 is 10.0 Å². The van der Waals surface area contributed by atoms with Crippen LogP contribution in [0.15, 0.2) is 0 Å². The first-order chi connectivity index (χ1) is 5.45. The topological polar surface area (TPSA) is 23.5 Å². The molecule has 74 valence electrons. The summed E-state index contributed by atoms with van der Waals surface area (Å²) in [6.45, 7) is 8.95. The Balaban J connectivity index is 3.31. The number of aliphatic hydroxyl groups is 1. The molecule has 0 aliphatic heterocycles. The number of likely N-dealkylation sites (N-methyl/N-ethyl adjacent to an activating group) is 1. The summed E-state index contributed by atoms with van der Waals surface area (Å²) in [5, 5.41) is 8.65. The van der Waals surface area contributed by atoms with E-state index < -0.39 is 0 Å². The van der Waals surface area contributed by atoms with Gasteiger partial charge in [-0.15, -0.1) is 0 Å². The summed E-state index contributed by atoms with van der Waals surface area (Å²) < 4.78 is 0. The maximum atomic E-state index is 8.65. The summed E-state index contributed by atoms with van der Waals surface area (Å²) >= 11 is 0. The third-order valence-electron chi connectivity index (χ3n) is 1.95. The molecule has 0 aliphatic rings. The quantitative estimate of drug-likeness (QED) is 0.684. The highest BCUT2D eigenvalue weighted by Crippen LogP contribution is 2.20. The van der Waals surface area contributed by atoms with Gasteiger partial charge in [-0.25, -0.2) is 0 Å². The molecule has 0 aliphatic carbocycles. The summed E-state index contributed by atoms with van der Waals surface area (Å²) in [5.41, 5.74) is 0.444. The third-order valence-corrected chi connectivity index (χ3v) is 1.95. The largest absolute Gasteiger partial charge is 0.395 e. The van der Waals surface area contributed by atoms with E-state index in [1.165, 1.54) is 12.8 Å². The lowest BCUT2D eigenvalue weighted by atomic mass is 9.90. The Morgan fingerprint density at radius 3 is 2.17 bits per heavy atom. The molecule has 0 radical (unpaired) electrons. The summed E-state index contributed by atoms with van der Waals surface area (Å²) in [6.07, 6.45) is 2.47. The molecule has 0 atom stereocenters. The van der Waals surface area contributed by atoms with Crippen molar-refractivity contribution in [1.29, 1.82) is 0 Å². The van der Waals surface area contributed by atoms with Crippen molar-refractivity contribution in [3.63, 3.8) is 0 Å². The van der Waals surface area contributed by atoms with Crippen molar-refractivity contribution >= 4 is 0 Å². The van der Waals surface area contributed by atoms with Crippen LogP contribution in [0.5, 0.6) is 0 Å². The highest BCUT2D eigenvalue weighted by atomic mass is 16.3. The van der Waals surface area contributed by atoms with Gasteiger partial charge in [0.05, 0.1) is 6.61 Å². The Labute approximate surface area is 76.6 Å². The van der Waals surface area contributed by atoms with Crippen LogP contribution in [-0.2, 0) is 0 Å². The van der Waals surface area contributed by atoms with Gasteiger partial charge in [0.1, 0.15) is 0 Å². The zero-order valence-corrected chi connectivity index (χ0v) is 8.93. The normalized spacial score (nSPS) is 12.5. The lowest BCUT2D eigenvalue weighted by molar-refractivity contribution is 0.213. The van der Waals surface area contributed by atoms with Gasteiger partial charge in [-0.1, -0.05) is 20.8 Å². The predicted molar refractivity (Wildman–Crippen MR) is 53.3 cm³/mol. The van der Waals surface area contributed by atoms with Gasteiger partial charge in [0, 0.05) is 6.54 Å². The first-order valence-corrected chi connectivity index (χ1v) is 4.75. The molecular formula is C10H23NO. The van der Waals surface area contributed by atoms with E-state index in [-0.39, 0.29) is 6.61 Å². The minimum absolute atomic E-state index is 0.270. The van der Waals surface area contributed by atoms with E-state index in [0.717, 1.165) is 13.1 Å². The molecule has 0 amide bonds. The van der Waals surface area contributed by atoms with Crippen molar-refractivity contribution in [3.05, 3.63) is 0 Å². The van der Waals surface area contributed by atoms with Gasteiger partial charge in [-0.05, 0) is 31.8 Å². The number of hydrogen-bond acceptors (Lipinski definition) is 2. The van der Waals surface area contributed by atoms with Crippen LogP contribution in [0, 0.1) is 5.41 Å². The van der Waals surface area contributed by atoms with Crippen molar-refractivity contribution in [3.8, 4) is 0 Å². The van der Waals surface area contributed by atoms with E-state index in [1.807, 2.05) is 0 Å². The van der Waals surface area contributed by atoms with E-state index in [9.17, 15) is 0 Å². The van der Waals surface area contributed by atoms with Gasteiger partial charge in [-0.2, -0.15) is 0 Å². The SMILES string of the molecule is CN(CCO)CCCC(C)(C)C. The van der Waals surface area contributed by atoms with Crippen LogP contribution in [0.4, 0.5) is 0 Å². The monoisotopic (exact) mass is 173 g/mol. The highest BCUT2D eigenvalue weighted by Gasteiger charge is 2.09. The average Bonchev–Trinajstić information content (AvgIpc) is 1.84. The second kappa shape index (κ2) is 5.55. The fourth-order valence-electron chi connectivity index (χ4n) is 1.16. The summed E-state index contributed by atoms with van der Waals surface area (Å²) in [5.74, 6) is 0. The van der Waals surface area contributed by atoms with Gasteiger partial charge >= 0.3 is 0 Å². The molecule has 0 fully saturated rings. The Morgan fingerprint density at radius 1 is 1.17 bits per heavy atom. The van der Waals surface area contributed by atoms with E-state index in [2.05, 4.69) is 32.7 Å². The third kappa shape index (κ3) is 8.02. The van der Waals surface area contributed by atoms with Crippen LogP contribution in [-0.4, -0.2) is 36.8 Å². The highest BCUT2D eigenvalue weighted by molar-refractivity contribution is 4.62. The van der Waals surface area contributed by atoms with E-state index >= 15 is 0 Å². The van der Waals surface area contributed by atoms with Crippen molar-refractivity contribution < 1.29 is 5.11 Å². The standard InChI is InChI=1S/C10H23NO/c1-10(2,3)6-5-7-11(4)8-9-12/h12H,5-9H2,1-4H3. The van der Waals surface area contributed by atoms with Gasteiger partial charge in [0.2, 0.25) is 0 Å². The molecular weight excluding hydrogens is 150 g/mol. The lowest BCUT2D eigenvalue weighted by Crippen LogP contribution is -2.24. The van der Waals surface area contributed by atoms with Crippen molar-refractivity contribution in [2.45, 2.75) is 33.6 Å². The second-order valence-electron chi connectivity index (χ2n) is 4.69. The Hall–Kier alpha value is -0.0800. The molecule has 0 aromatic heterocycles. The van der Waals surface area contributed by atoms with E-state index in [0.29, 0.717) is 5.41 Å². The molecule has 0 saturated heterocycles. The smallest absolute Gasteiger partial charge is 0.0558 e. The van der Waals surface area contributed by atoms with E-state index in [1.54, 1.807) is 0 Å². The molecule has 1 N–H and O–H groups in total. The van der Waals surface area contributed by atoms with Crippen molar-refractivity contribution in [2.24, 2.45) is 5.41 Å². The van der Waals surface area contributed by atoms with Gasteiger partial charge in [0.15, 0.2) is 0 Å². The van der Waals surface area contributed by atoms with Crippen LogP contribution in [0.1, 0.15) is 33.6 Å². The Morgan fingerprint density at radius 2 is 1.75 bits per heavy atom. The fourth-order valence-corrected chi connectivity index (χ4v) is 1.16. The number of nitrogens with zero attached hydrogens (tertiary/aromatic N) is 1. The van der Waals surface area contributed by atoms with Crippen molar-refractivity contribution in [2.75, 3.05) is 26.7 Å². The van der Waals surface area contributed by atoms with Gasteiger partial charge in [-0.3, -0.25) is 0 Å². The Kier molecular flexibility index (Phi) is 5.51. The predicted octanol–water partition coefficient (Wildman–Crippen LogP) is 1.74. The van der Waals surface area contributed by atoms with Crippen LogP contribution in [0.3, 0.4) is 0 Å². The van der Waals surface area contributed by atoms with Crippen LogP contribution < -0.4 is 0 Å². The molecule has 0 bridgehead atoms. The zero-order chi connectivity index (χ0) is 9.61. The number of aliphatic hydroxyl groups excluding tert-OH is 1. The first-order valence-electron chi connectivity index (χ1n) is 4.75. The van der Waals surface area contributed by atoms with Crippen molar-refractivity contribution in [1.82, 2.24) is 4.90 Å². The second-order valence-corrected chi connectivity index (χ2v) is 4.69. The minimum Gasteiger partial charge on any atom is -0.395 e. The average molecular weight is 173 g/mol. The van der Waals surface area contributed by atoms with Crippen LogP contribution >= 0.6 is 0 Å². The van der Waals surface area contributed by atoms with Crippen LogP contribution in [0.25, 0.3) is 0 Å². The molecule has 0 saturated carbocycles. The zero-order valence-electron chi connectivity index (χ0n) is 8.93. The molecule has 0 rings (SSSR count). The Bertz CT molecular complexity index is 107. The summed E-state index contributed by atoms with van der Waals surface area (Å²) in [6, 6.07) is 0. The minimum atomic E-state index is 0.270. The maximum absolute atomic E-state index is 8.65. The maximum Gasteiger partial charge on any atom is 0.0558 e. The molecule has 0 heterocycles. The molecule has 0 spiro atoms. The van der Waals surface area contributed by atoms with E-state index in [4.69, 9.17) is 5.11 Å². The number of rotatable bonds is 5. The molecule has 2 nitrogen and oxygen atoms in total. The molecule has 0 aromatic carbocycles. The summed E-state index contributed by atoms with van der Waals surface area (Å²) in [7, 11) is 2.05. The molecule has 0 aromatic rings. The fraction of sp³-hybridized carbons (Fsp3) is 1.00. The van der Waals surface area contributed by atoms with Gasteiger partial charge in [0.25, 0.3) is 0 Å². The molecule has 0 unspecified atom stereocenters. The van der Waals surface area contributed by atoms with Crippen LogP contribution in [0.2, 0.25) is 0 Å². The number of hydrogen-bond donors (Lipinski definition) is 1.